The number of aromatic amines is 1. The lowest BCUT2D eigenvalue weighted by Crippen LogP contribution is -2.21. The lowest BCUT2D eigenvalue weighted by molar-refractivity contribution is 0.323. The van der Waals surface area contributed by atoms with Crippen LogP contribution in [-0.4, -0.2) is 38.1 Å². The highest BCUT2D eigenvalue weighted by Gasteiger charge is 2.37. The van der Waals surface area contributed by atoms with E-state index < -0.39 is 5.92 Å². The number of allylic oxidation sites excluding steroid dienone is 1. The molecule has 0 bridgehead atoms. The number of benzene rings is 2. The Labute approximate surface area is 190 Å². The molecular weight excluding hydrogens is 424 g/mol. The molecule has 2 aliphatic heterocycles. The summed E-state index contributed by atoms with van der Waals surface area (Å²) in [6.07, 6.45) is 0.878. The third-order valence-electron chi connectivity index (χ3n) is 5.93. The smallest absolute Gasteiger partial charge is 0.222 e. The SMILES string of the molecule is COc1cc(C2C(C#N)=C(N)Oc3[nH]nc(-c4ccc5c(c4)OCC5)c32)cc(OC)c1OC. The van der Waals surface area contributed by atoms with Crippen molar-refractivity contribution in [2.75, 3.05) is 27.9 Å². The molecule has 33 heavy (non-hydrogen) atoms. The van der Waals surface area contributed by atoms with E-state index >= 15 is 0 Å². The second-order valence-corrected chi connectivity index (χ2v) is 7.62. The van der Waals surface area contributed by atoms with Gasteiger partial charge >= 0.3 is 0 Å². The maximum Gasteiger partial charge on any atom is 0.222 e. The van der Waals surface area contributed by atoms with E-state index in [-0.39, 0.29) is 11.5 Å². The monoisotopic (exact) mass is 446 g/mol. The highest BCUT2D eigenvalue weighted by Crippen LogP contribution is 2.49. The number of nitrogens with two attached hydrogens (primary N) is 1. The molecule has 9 heteroatoms. The van der Waals surface area contributed by atoms with Gasteiger partial charge in [0.05, 0.1) is 39.4 Å². The van der Waals surface area contributed by atoms with Crippen LogP contribution in [0.5, 0.6) is 28.9 Å². The van der Waals surface area contributed by atoms with E-state index in [1.807, 2.05) is 18.2 Å². The van der Waals surface area contributed by atoms with Crippen molar-refractivity contribution in [3.8, 4) is 46.2 Å². The molecule has 0 aliphatic carbocycles. The first-order valence-corrected chi connectivity index (χ1v) is 10.3. The first kappa shape index (κ1) is 20.6. The van der Waals surface area contributed by atoms with Crippen LogP contribution in [0.2, 0.25) is 0 Å². The number of ether oxygens (including phenoxy) is 5. The number of nitrogens with one attached hydrogen (secondary N) is 1. The first-order valence-electron chi connectivity index (χ1n) is 10.3. The van der Waals surface area contributed by atoms with Crippen LogP contribution in [0.3, 0.4) is 0 Å². The summed E-state index contributed by atoms with van der Waals surface area (Å²) in [5, 5.41) is 17.4. The number of methoxy groups -OCH3 is 3. The third-order valence-corrected chi connectivity index (χ3v) is 5.93. The van der Waals surface area contributed by atoms with Crippen LogP contribution >= 0.6 is 0 Å². The lowest BCUT2D eigenvalue weighted by Gasteiger charge is -2.25. The standard InChI is InChI=1S/C24H22N4O5/c1-29-17-9-14(10-18(30-2)22(17)31-3)19-15(11-25)23(26)33-24-20(19)21(27-28-24)13-5-4-12-6-7-32-16(12)8-13/h4-5,8-10,19H,6-7,26H2,1-3H3,(H,27,28). The molecule has 1 unspecified atom stereocenters. The zero-order valence-electron chi connectivity index (χ0n) is 18.4. The highest BCUT2D eigenvalue weighted by atomic mass is 16.5. The van der Waals surface area contributed by atoms with Crippen LogP contribution in [0.25, 0.3) is 11.3 Å². The summed E-state index contributed by atoms with van der Waals surface area (Å²) in [6.45, 7) is 0.659. The third kappa shape index (κ3) is 3.19. The fourth-order valence-electron chi connectivity index (χ4n) is 4.39. The number of fused-ring (bicyclic) bond motifs is 2. The quantitative estimate of drug-likeness (QED) is 0.612. The number of nitriles is 1. The van der Waals surface area contributed by atoms with Crippen molar-refractivity contribution in [3.63, 3.8) is 0 Å². The molecule has 5 rings (SSSR count). The van der Waals surface area contributed by atoms with Crippen molar-refractivity contribution >= 4 is 0 Å². The Kier molecular flexibility index (Phi) is 4.98. The molecule has 2 aliphatic rings. The normalized spacial score (nSPS) is 16.2. The fourth-order valence-corrected chi connectivity index (χ4v) is 4.39. The molecule has 0 spiro atoms. The van der Waals surface area contributed by atoms with E-state index in [9.17, 15) is 5.26 Å². The first-order chi connectivity index (χ1) is 16.1. The van der Waals surface area contributed by atoms with Crippen molar-refractivity contribution in [3.05, 3.63) is 58.5 Å². The summed E-state index contributed by atoms with van der Waals surface area (Å²) in [5.41, 5.74) is 10.4. The van der Waals surface area contributed by atoms with E-state index in [4.69, 9.17) is 29.4 Å². The van der Waals surface area contributed by atoms with E-state index in [0.29, 0.717) is 46.6 Å². The largest absolute Gasteiger partial charge is 0.493 e. The Bertz CT molecular complexity index is 1300. The maximum atomic E-state index is 9.99. The van der Waals surface area contributed by atoms with Gasteiger partial charge in [-0.25, -0.2) is 5.10 Å². The summed E-state index contributed by atoms with van der Waals surface area (Å²) < 4.78 is 28.0. The van der Waals surface area contributed by atoms with Crippen LogP contribution in [0, 0.1) is 11.3 Å². The molecule has 1 atom stereocenters. The van der Waals surface area contributed by atoms with Gasteiger partial charge in [0.2, 0.25) is 17.5 Å². The summed E-state index contributed by atoms with van der Waals surface area (Å²) in [6, 6.07) is 11.8. The van der Waals surface area contributed by atoms with Gasteiger partial charge in [0.1, 0.15) is 23.1 Å². The Balaban J connectivity index is 1.73. The van der Waals surface area contributed by atoms with Gasteiger partial charge in [-0.15, -0.1) is 0 Å². The van der Waals surface area contributed by atoms with Gasteiger partial charge in [-0.05, 0) is 29.3 Å². The summed E-state index contributed by atoms with van der Waals surface area (Å²) in [7, 11) is 4.62. The van der Waals surface area contributed by atoms with Crippen molar-refractivity contribution < 1.29 is 23.7 Å². The Morgan fingerprint density at radius 3 is 2.55 bits per heavy atom. The van der Waals surface area contributed by atoms with Gasteiger partial charge in [-0.2, -0.15) is 10.4 Å². The fraction of sp³-hybridized carbons (Fsp3) is 0.250. The molecule has 0 radical (unpaired) electrons. The van der Waals surface area contributed by atoms with E-state index in [2.05, 4.69) is 16.3 Å². The van der Waals surface area contributed by atoms with Gasteiger partial charge in [0, 0.05) is 12.0 Å². The molecule has 0 fully saturated rings. The predicted octanol–water partition coefficient (Wildman–Crippen LogP) is 3.26. The Morgan fingerprint density at radius 1 is 1.12 bits per heavy atom. The topological polar surface area (TPSA) is 125 Å². The van der Waals surface area contributed by atoms with Gasteiger partial charge in [-0.3, -0.25) is 0 Å². The molecule has 168 valence electrons. The minimum absolute atomic E-state index is 0.0104. The van der Waals surface area contributed by atoms with E-state index in [1.54, 1.807) is 26.4 Å². The molecular formula is C24H22N4O5. The summed E-state index contributed by atoms with van der Waals surface area (Å²) in [5.74, 6) is 2.03. The van der Waals surface area contributed by atoms with Crippen molar-refractivity contribution in [2.24, 2.45) is 5.73 Å². The number of H-pyrrole nitrogens is 1. The average Bonchev–Trinajstić information content (AvgIpc) is 3.48. The number of hydrogen-bond acceptors (Lipinski definition) is 8. The summed E-state index contributed by atoms with van der Waals surface area (Å²) in [4.78, 5) is 0. The van der Waals surface area contributed by atoms with Crippen LogP contribution < -0.4 is 29.4 Å². The zero-order valence-corrected chi connectivity index (χ0v) is 18.4. The van der Waals surface area contributed by atoms with Gasteiger partial charge in [0.15, 0.2) is 11.5 Å². The van der Waals surface area contributed by atoms with Crippen LogP contribution in [-0.2, 0) is 6.42 Å². The molecule has 3 heterocycles. The Morgan fingerprint density at radius 2 is 1.88 bits per heavy atom. The minimum Gasteiger partial charge on any atom is -0.493 e. The molecule has 0 saturated carbocycles. The second-order valence-electron chi connectivity index (χ2n) is 7.62. The molecule has 2 aromatic carbocycles. The number of rotatable bonds is 5. The van der Waals surface area contributed by atoms with Gasteiger partial charge in [0.25, 0.3) is 0 Å². The molecule has 0 saturated heterocycles. The number of hydrogen-bond donors (Lipinski definition) is 2. The second kappa shape index (κ2) is 7.98. The van der Waals surface area contributed by atoms with Crippen molar-refractivity contribution in [1.82, 2.24) is 10.2 Å². The predicted molar refractivity (Wildman–Crippen MR) is 119 cm³/mol. The van der Waals surface area contributed by atoms with E-state index in [0.717, 1.165) is 23.3 Å². The molecule has 1 aromatic heterocycles. The Hall–Kier alpha value is -4.32. The summed E-state index contributed by atoms with van der Waals surface area (Å²) >= 11 is 0. The maximum absolute atomic E-state index is 9.99. The number of aromatic nitrogens is 2. The van der Waals surface area contributed by atoms with Crippen LogP contribution in [0.15, 0.2) is 41.8 Å². The molecule has 0 amide bonds. The van der Waals surface area contributed by atoms with Crippen LogP contribution in [0.1, 0.15) is 22.6 Å². The van der Waals surface area contributed by atoms with Gasteiger partial charge < -0.3 is 29.4 Å². The zero-order chi connectivity index (χ0) is 23.1. The highest BCUT2D eigenvalue weighted by molar-refractivity contribution is 5.73. The van der Waals surface area contributed by atoms with Crippen molar-refractivity contribution in [1.29, 1.82) is 5.26 Å². The number of nitrogens with zero attached hydrogens (tertiary/aromatic N) is 2. The average molecular weight is 446 g/mol. The molecule has 3 aromatic rings. The van der Waals surface area contributed by atoms with E-state index in [1.165, 1.54) is 7.11 Å². The van der Waals surface area contributed by atoms with Crippen LogP contribution in [0.4, 0.5) is 0 Å². The molecule has 9 nitrogen and oxygen atoms in total. The van der Waals surface area contributed by atoms with Gasteiger partial charge in [-0.1, -0.05) is 12.1 Å². The lowest BCUT2D eigenvalue weighted by atomic mass is 9.82. The minimum atomic E-state index is -0.574. The van der Waals surface area contributed by atoms with Crippen molar-refractivity contribution in [2.45, 2.75) is 12.3 Å². The molecule has 3 N–H and O–H groups in total.